The van der Waals surface area contributed by atoms with E-state index in [1.54, 1.807) is 12.1 Å². The van der Waals surface area contributed by atoms with Crippen LogP contribution in [0.15, 0.2) is 48.5 Å². The molecule has 2 rings (SSSR count). The van der Waals surface area contributed by atoms with Crippen LogP contribution in [0.4, 0.5) is 0 Å². The first-order valence-electron chi connectivity index (χ1n) is 7.89. The number of methoxy groups -OCH3 is 1. The molecule has 5 nitrogen and oxygen atoms in total. The smallest absolute Gasteiger partial charge is 0.337 e. The van der Waals surface area contributed by atoms with Crippen molar-refractivity contribution in [3.8, 4) is 11.1 Å². The molecular weight excluding hydrogens is 338 g/mol. The summed E-state index contributed by atoms with van der Waals surface area (Å²) in [5.41, 5.74) is 2.56. The zero-order valence-corrected chi connectivity index (χ0v) is 15.7. The van der Waals surface area contributed by atoms with Crippen molar-refractivity contribution in [3.05, 3.63) is 59.7 Å². The van der Waals surface area contributed by atoms with E-state index in [9.17, 15) is 13.6 Å². The van der Waals surface area contributed by atoms with Gasteiger partial charge in [-0.2, -0.15) is 4.31 Å². The van der Waals surface area contributed by atoms with Crippen LogP contribution in [0.2, 0.25) is 0 Å². The Morgan fingerprint density at radius 2 is 1.80 bits per heavy atom. The lowest BCUT2D eigenvalue weighted by Gasteiger charge is -2.32. The topological polar surface area (TPSA) is 66.8 Å². The highest BCUT2D eigenvalue weighted by Crippen LogP contribution is 2.28. The van der Waals surface area contributed by atoms with Crippen LogP contribution in [0.1, 0.15) is 36.7 Å². The van der Waals surface area contributed by atoms with Gasteiger partial charge in [0.1, 0.15) is 0 Å². The van der Waals surface area contributed by atoms with Crippen LogP contribution >= 0.6 is 0 Å². The van der Waals surface area contributed by atoms with Crippen LogP contribution in [0.25, 0.3) is 11.1 Å². The molecule has 0 saturated heterocycles. The summed E-state index contributed by atoms with van der Waals surface area (Å²) in [7, 11) is 1.33. The number of ether oxygens (including phenoxy) is 1. The first-order chi connectivity index (χ1) is 11.7. The molecule has 0 spiro atoms. The number of nitrogens with zero attached hydrogens (tertiary/aromatic N) is 1. The largest absolute Gasteiger partial charge is 0.465 e. The summed E-state index contributed by atoms with van der Waals surface area (Å²) >= 11 is -2.14. The second-order valence-electron chi connectivity index (χ2n) is 6.67. The quantitative estimate of drug-likeness (QED) is 0.648. The zero-order valence-electron chi connectivity index (χ0n) is 14.9. The van der Waals surface area contributed by atoms with Gasteiger partial charge in [0.25, 0.3) is 0 Å². The van der Waals surface area contributed by atoms with Crippen LogP contribution in [0.5, 0.6) is 0 Å². The van der Waals surface area contributed by atoms with E-state index in [0.29, 0.717) is 5.56 Å². The molecule has 0 aliphatic carbocycles. The van der Waals surface area contributed by atoms with Crippen LogP contribution in [0, 0.1) is 0 Å². The minimum atomic E-state index is -2.14. The fourth-order valence-corrected chi connectivity index (χ4v) is 3.27. The molecule has 2 aromatic carbocycles. The van der Waals surface area contributed by atoms with Crippen LogP contribution < -0.4 is 0 Å². The highest BCUT2D eigenvalue weighted by Gasteiger charge is 2.27. The van der Waals surface area contributed by atoms with E-state index in [4.69, 9.17) is 4.74 Å². The molecule has 25 heavy (non-hydrogen) atoms. The van der Waals surface area contributed by atoms with Crippen LogP contribution in [-0.2, 0) is 22.5 Å². The molecule has 0 amide bonds. The number of hydrogen-bond donors (Lipinski definition) is 1. The second kappa shape index (κ2) is 7.91. The molecule has 134 valence electrons. The van der Waals surface area contributed by atoms with Gasteiger partial charge in [-0.3, -0.25) is 4.55 Å². The number of hydrogen-bond acceptors (Lipinski definition) is 3. The van der Waals surface area contributed by atoms with Gasteiger partial charge in [0.05, 0.1) is 12.7 Å². The molecule has 0 aliphatic rings. The minimum absolute atomic E-state index is 0.224. The molecule has 1 unspecified atom stereocenters. The summed E-state index contributed by atoms with van der Waals surface area (Å²) in [6.45, 7) is 5.83. The van der Waals surface area contributed by atoms with E-state index in [1.165, 1.54) is 11.4 Å². The van der Waals surface area contributed by atoms with Gasteiger partial charge in [-0.15, -0.1) is 0 Å². The SMILES string of the molecule is COC(=O)c1ccc(-c2ccccc2)c(CN(S(=O)O)C(C)(C)C)c1. The number of esters is 1. The van der Waals surface area contributed by atoms with Gasteiger partial charge >= 0.3 is 5.97 Å². The highest BCUT2D eigenvalue weighted by molar-refractivity contribution is 7.76. The summed E-state index contributed by atoms with van der Waals surface area (Å²) in [6, 6.07) is 15.0. The third kappa shape index (κ3) is 4.75. The average Bonchev–Trinajstić information content (AvgIpc) is 2.58. The standard InChI is InChI=1S/C19H23NO4S/c1-19(2,3)20(25(22)23)13-16-12-15(18(21)24-4)10-11-17(16)14-8-6-5-7-9-14/h5-12H,13H2,1-4H3,(H,22,23). The fourth-order valence-electron chi connectivity index (χ4n) is 2.55. The molecule has 1 N–H and O–H groups in total. The first kappa shape index (κ1) is 19.3. The third-order valence-corrected chi connectivity index (χ3v) is 4.92. The Hall–Kier alpha value is -2.02. The first-order valence-corrected chi connectivity index (χ1v) is 8.95. The van der Waals surface area contributed by atoms with Crippen molar-refractivity contribution in [2.75, 3.05) is 7.11 Å². The van der Waals surface area contributed by atoms with Crippen molar-refractivity contribution in [1.82, 2.24) is 4.31 Å². The molecule has 0 aliphatic heterocycles. The molecule has 0 saturated carbocycles. The predicted octanol–water partition coefficient (Wildman–Crippen LogP) is 3.88. The molecule has 0 radical (unpaired) electrons. The van der Waals surface area contributed by atoms with Gasteiger partial charge in [-0.1, -0.05) is 36.4 Å². The normalized spacial score (nSPS) is 12.9. The maximum atomic E-state index is 11.9. The lowest BCUT2D eigenvalue weighted by Crippen LogP contribution is -2.41. The van der Waals surface area contributed by atoms with Gasteiger partial charge in [-0.05, 0) is 49.6 Å². The number of benzene rings is 2. The van der Waals surface area contributed by atoms with Gasteiger partial charge in [0, 0.05) is 12.1 Å². The van der Waals surface area contributed by atoms with E-state index in [2.05, 4.69) is 0 Å². The van der Waals surface area contributed by atoms with Gasteiger partial charge in [0.15, 0.2) is 0 Å². The highest BCUT2D eigenvalue weighted by atomic mass is 32.2. The molecular formula is C19H23NO4S. The molecule has 1 atom stereocenters. The Morgan fingerprint density at radius 3 is 2.32 bits per heavy atom. The molecule has 0 bridgehead atoms. The fraction of sp³-hybridized carbons (Fsp3) is 0.316. The summed E-state index contributed by atoms with van der Waals surface area (Å²) in [5.74, 6) is -0.437. The summed E-state index contributed by atoms with van der Waals surface area (Å²) in [5, 5.41) is 0. The monoisotopic (exact) mass is 361 g/mol. The Kier molecular flexibility index (Phi) is 6.11. The molecule has 0 aromatic heterocycles. The van der Waals surface area contributed by atoms with E-state index < -0.39 is 22.8 Å². The molecule has 6 heteroatoms. The Bertz CT molecular complexity index is 769. The van der Waals surface area contributed by atoms with E-state index in [0.717, 1.165) is 16.7 Å². The Labute approximate surface area is 151 Å². The Balaban J connectivity index is 2.55. The van der Waals surface area contributed by atoms with Gasteiger partial charge in [0.2, 0.25) is 11.3 Å². The van der Waals surface area contributed by atoms with E-state index in [1.807, 2.05) is 57.2 Å². The number of carbonyl (C=O) groups is 1. The minimum Gasteiger partial charge on any atom is -0.465 e. The van der Waals surface area contributed by atoms with Crippen molar-refractivity contribution in [2.24, 2.45) is 0 Å². The maximum absolute atomic E-state index is 11.9. The summed E-state index contributed by atoms with van der Waals surface area (Å²) < 4.78 is 27.8. The van der Waals surface area contributed by atoms with Crippen LogP contribution in [-0.4, -0.2) is 31.7 Å². The number of carbonyl (C=O) groups excluding carboxylic acids is 1. The predicted molar refractivity (Wildman–Crippen MR) is 99.3 cm³/mol. The number of rotatable bonds is 5. The van der Waals surface area contributed by atoms with E-state index in [-0.39, 0.29) is 6.54 Å². The molecule has 2 aromatic rings. The average molecular weight is 361 g/mol. The van der Waals surface area contributed by atoms with Crippen molar-refractivity contribution < 1.29 is 18.3 Å². The summed E-state index contributed by atoms with van der Waals surface area (Å²) in [4.78, 5) is 11.9. The molecule has 0 fully saturated rings. The van der Waals surface area contributed by atoms with Crippen molar-refractivity contribution in [3.63, 3.8) is 0 Å². The van der Waals surface area contributed by atoms with Gasteiger partial charge < -0.3 is 4.74 Å². The lowest BCUT2D eigenvalue weighted by atomic mass is 9.96. The summed E-state index contributed by atoms with van der Waals surface area (Å²) in [6.07, 6.45) is 0. The Morgan fingerprint density at radius 1 is 1.16 bits per heavy atom. The lowest BCUT2D eigenvalue weighted by molar-refractivity contribution is 0.0600. The van der Waals surface area contributed by atoms with Crippen LogP contribution in [0.3, 0.4) is 0 Å². The van der Waals surface area contributed by atoms with Gasteiger partial charge in [-0.25, -0.2) is 9.00 Å². The van der Waals surface area contributed by atoms with E-state index >= 15 is 0 Å². The second-order valence-corrected chi connectivity index (χ2v) is 7.57. The maximum Gasteiger partial charge on any atom is 0.337 e. The van der Waals surface area contributed by atoms with Crippen molar-refractivity contribution in [1.29, 1.82) is 0 Å². The van der Waals surface area contributed by atoms with Crippen molar-refractivity contribution >= 4 is 17.2 Å². The molecule has 0 heterocycles. The third-order valence-electron chi connectivity index (χ3n) is 3.86. The van der Waals surface area contributed by atoms with Crippen molar-refractivity contribution in [2.45, 2.75) is 32.9 Å². The zero-order chi connectivity index (χ0) is 18.6.